The van der Waals surface area contributed by atoms with Crippen LogP contribution in [0.15, 0.2) is 72.8 Å². The Hall–Kier alpha value is -3.80. The van der Waals surface area contributed by atoms with Crippen molar-refractivity contribution in [3.63, 3.8) is 0 Å². The highest BCUT2D eigenvalue weighted by Crippen LogP contribution is 2.21. The molecule has 0 aliphatic heterocycles. The molecule has 0 saturated heterocycles. The van der Waals surface area contributed by atoms with Gasteiger partial charge in [-0.1, -0.05) is 54.6 Å². The van der Waals surface area contributed by atoms with Gasteiger partial charge >= 0.3 is 0 Å². The third kappa shape index (κ3) is 7.60. The molecule has 3 aromatic rings. The lowest BCUT2D eigenvalue weighted by molar-refractivity contribution is -0.143. The minimum Gasteiger partial charge on any atom is -0.497 e. The van der Waals surface area contributed by atoms with Crippen LogP contribution in [0.4, 0.5) is 0 Å². The highest BCUT2D eigenvalue weighted by atomic mass is 16.5. The summed E-state index contributed by atoms with van der Waals surface area (Å²) in [5.41, 5.74) is 3.84. The highest BCUT2D eigenvalue weighted by Gasteiger charge is 2.31. The Balaban J connectivity index is 1.94. The molecule has 0 aliphatic rings. The van der Waals surface area contributed by atoms with Crippen LogP contribution >= 0.6 is 0 Å². The van der Waals surface area contributed by atoms with Gasteiger partial charge in [-0.15, -0.1) is 0 Å². The minimum atomic E-state index is -0.712. The monoisotopic (exact) mass is 488 g/mol. The zero-order chi connectivity index (χ0) is 26.1. The minimum absolute atomic E-state index is 0.0595. The molecular formula is C30H36N2O4. The highest BCUT2D eigenvalue weighted by molar-refractivity contribution is 5.88. The standard InChI is InChI=1S/C30H36N2O4/c1-21(2)31-30(34)27(18-24-10-7-6-8-11-24)32(19-25-12-9-13-26(17-25)35-5)29(33)20-36-28-16-22(3)14-15-23(28)4/h6-17,21,27H,18-20H2,1-5H3,(H,31,34)/t27-/m1/s1. The van der Waals surface area contributed by atoms with Crippen molar-refractivity contribution < 1.29 is 19.1 Å². The van der Waals surface area contributed by atoms with Gasteiger partial charge in [0.2, 0.25) is 5.91 Å². The molecule has 0 unspecified atom stereocenters. The number of ether oxygens (including phenoxy) is 2. The van der Waals surface area contributed by atoms with Crippen LogP contribution in [0.1, 0.15) is 36.1 Å². The molecule has 0 bridgehead atoms. The van der Waals surface area contributed by atoms with Crippen LogP contribution in [-0.4, -0.2) is 42.5 Å². The third-order valence-corrected chi connectivity index (χ3v) is 5.88. The fourth-order valence-corrected chi connectivity index (χ4v) is 3.99. The number of hydrogen-bond acceptors (Lipinski definition) is 4. The summed E-state index contributed by atoms with van der Waals surface area (Å²) in [6, 6.07) is 22.4. The van der Waals surface area contributed by atoms with Gasteiger partial charge in [-0.3, -0.25) is 9.59 Å². The largest absolute Gasteiger partial charge is 0.497 e. The maximum atomic E-state index is 13.7. The topological polar surface area (TPSA) is 67.9 Å². The van der Waals surface area contributed by atoms with Gasteiger partial charge in [-0.25, -0.2) is 0 Å². The number of methoxy groups -OCH3 is 1. The molecule has 6 heteroatoms. The molecule has 2 amide bonds. The molecule has 0 aliphatic carbocycles. The smallest absolute Gasteiger partial charge is 0.261 e. The Bertz CT molecular complexity index is 1160. The van der Waals surface area contributed by atoms with E-state index in [1.165, 1.54) is 0 Å². The van der Waals surface area contributed by atoms with Crippen LogP contribution in [0.2, 0.25) is 0 Å². The molecule has 3 rings (SSSR count). The van der Waals surface area contributed by atoms with Gasteiger partial charge in [-0.2, -0.15) is 0 Å². The van der Waals surface area contributed by atoms with Gasteiger partial charge in [0.05, 0.1) is 7.11 Å². The molecule has 0 spiro atoms. The number of carbonyl (C=O) groups excluding carboxylic acids is 2. The van der Waals surface area contributed by atoms with Gasteiger partial charge in [-0.05, 0) is 68.1 Å². The number of amides is 2. The number of nitrogens with zero attached hydrogens (tertiary/aromatic N) is 1. The van der Waals surface area contributed by atoms with Gasteiger partial charge in [0, 0.05) is 19.0 Å². The zero-order valence-electron chi connectivity index (χ0n) is 21.8. The van der Waals surface area contributed by atoms with E-state index in [9.17, 15) is 9.59 Å². The lowest BCUT2D eigenvalue weighted by Gasteiger charge is -2.32. The van der Waals surface area contributed by atoms with Crippen molar-refractivity contribution in [1.29, 1.82) is 0 Å². The quantitative estimate of drug-likeness (QED) is 0.419. The molecule has 1 N–H and O–H groups in total. The van der Waals surface area contributed by atoms with Gasteiger partial charge < -0.3 is 19.7 Å². The molecule has 190 valence electrons. The molecule has 0 saturated carbocycles. The Morgan fingerprint density at radius 1 is 0.917 bits per heavy atom. The molecular weight excluding hydrogens is 452 g/mol. The maximum Gasteiger partial charge on any atom is 0.261 e. The van der Waals surface area contributed by atoms with Gasteiger partial charge in [0.25, 0.3) is 5.91 Å². The summed E-state index contributed by atoms with van der Waals surface area (Å²) in [5.74, 6) is 0.893. The molecule has 0 fully saturated rings. The van der Waals surface area contributed by atoms with E-state index in [1.54, 1.807) is 12.0 Å². The number of aryl methyl sites for hydroxylation is 2. The van der Waals surface area contributed by atoms with Crippen molar-refractivity contribution in [2.24, 2.45) is 0 Å². The van der Waals surface area contributed by atoms with Crippen molar-refractivity contribution in [1.82, 2.24) is 10.2 Å². The summed E-state index contributed by atoms with van der Waals surface area (Å²) in [6.07, 6.45) is 0.387. The molecule has 6 nitrogen and oxygen atoms in total. The first-order valence-corrected chi connectivity index (χ1v) is 12.2. The molecule has 0 radical (unpaired) electrons. The summed E-state index contributed by atoms with van der Waals surface area (Å²) in [6.45, 7) is 7.82. The van der Waals surface area contributed by atoms with E-state index < -0.39 is 6.04 Å². The third-order valence-electron chi connectivity index (χ3n) is 5.88. The number of rotatable bonds is 11. The predicted molar refractivity (Wildman–Crippen MR) is 142 cm³/mol. The Kier molecular flexibility index (Phi) is 9.51. The van der Waals surface area contributed by atoms with Crippen LogP contribution in [0, 0.1) is 13.8 Å². The average molecular weight is 489 g/mol. The van der Waals surface area contributed by atoms with Crippen molar-refractivity contribution in [3.8, 4) is 11.5 Å². The van der Waals surface area contributed by atoms with Gasteiger partial charge in [0.1, 0.15) is 17.5 Å². The Morgan fingerprint density at radius 2 is 1.64 bits per heavy atom. The van der Waals surface area contributed by atoms with Crippen LogP contribution < -0.4 is 14.8 Å². The van der Waals surface area contributed by atoms with Crippen molar-refractivity contribution in [2.75, 3.05) is 13.7 Å². The molecule has 36 heavy (non-hydrogen) atoms. The zero-order valence-corrected chi connectivity index (χ0v) is 21.8. The predicted octanol–water partition coefficient (Wildman–Crippen LogP) is 4.86. The van der Waals surface area contributed by atoms with Crippen LogP contribution in [0.25, 0.3) is 0 Å². The fourth-order valence-electron chi connectivity index (χ4n) is 3.99. The molecule has 0 heterocycles. The summed E-state index contributed by atoms with van der Waals surface area (Å²) in [5, 5.41) is 3.00. The van der Waals surface area contributed by atoms with Gasteiger partial charge in [0.15, 0.2) is 6.61 Å². The van der Waals surface area contributed by atoms with Crippen LogP contribution in [0.3, 0.4) is 0 Å². The normalized spacial score (nSPS) is 11.6. The number of hydrogen-bond donors (Lipinski definition) is 1. The second kappa shape index (κ2) is 12.8. The van der Waals surface area contributed by atoms with E-state index in [0.717, 1.165) is 22.3 Å². The summed E-state index contributed by atoms with van der Waals surface area (Å²) >= 11 is 0. The molecule has 1 atom stereocenters. The summed E-state index contributed by atoms with van der Waals surface area (Å²) in [7, 11) is 1.61. The van der Waals surface area contributed by atoms with E-state index in [-0.39, 0.29) is 31.0 Å². The van der Waals surface area contributed by atoms with Crippen LogP contribution in [0.5, 0.6) is 11.5 Å². The fraction of sp³-hybridized carbons (Fsp3) is 0.333. The first-order valence-electron chi connectivity index (χ1n) is 12.2. The number of carbonyl (C=O) groups is 2. The molecule has 0 aromatic heterocycles. The first-order chi connectivity index (χ1) is 17.3. The summed E-state index contributed by atoms with van der Waals surface area (Å²) < 4.78 is 11.3. The second-order valence-corrected chi connectivity index (χ2v) is 9.30. The van der Waals surface area contributed by atoms with Crippen molar-refractivity contribution in [3.05, 3.63) is 95.1 Å². The van der Waals surface area contributed by atoms with E-state index >= 15 is 0 Å². The van der Waals surface area contributed by atoms with Crippen LogP contribution in [-0.2, 0) is 22.6 Å². The second-order valence-electron chi connectivity index (χ2n) is 9.30. The van der Waals surface area contributed by atoms with E-state index in [1.807, 2.05) is 100 Å². The first kappa shape index (κ1) is 26.8. The Labute approximate surface area is 214 Å². The maximum absolute atomic E-state index is 13.7. The number of nitrogens with one attached hydrogen (secondary N) is 1. The van der Waals surface area contributed by atoms with E-state index in [4.69, 9.17) is 9.47 Å². The van der Waals surface area contributed by atoms with Crippen molar-refractivity contribution in [2.45, 2.75) is 52.7 Å². The average Bonchev–Trinajstić information content (AvgIpc) is 2.86. The lowest BCUT2D eigenvalue weighted by atomic mass is 10.0. The van der Waals surface area contributed by atoms with Crippen molar-refractivity contribution >= 4 is 11.8 Å². The number of benzene rings is 3. The lowest BCUT2D eigenvalue weighted by Crippen LogP contribution is -2.52. The summed E-state index contributed by atoms with van der Waals surface area (Å²) in [4.78, 5) is 28.7. The Morgan fingerprint density at radius 3 is 2.33 bits per heavy atom. The molecule has 3 aromatic carbocycles. The SMILES string of the molecule is COc1cccc(CN(C(=O)COc2cc(C)ccc2C)[C@H](Cc2ccccc2)C(=O)NC(C)C)c1. The van der Waals surface area contributed by atoms with E-state index in [2.05, 4.69) is 5.32 Å². The van der Waals surface area contributed by atoms with E-state index in [0.29, 0.717) is 17.9 Å².